The summed E-state index contributed by atoms with van der Waals surface area (Å²) in [6, 6.07) is 9.42. The third-order valence-corrected chi connectivity index (χ3v) is 4.80. The van der Waals surface area contributed by atoms with E-state index in [1.165, 1.54) is 0 Å². The Morgan fingerprint density at radius 1 is 1.13 bits per heavy atom. The average molecular weight is 310 g/mol. The number of nitrogens with one attached hydrogen (secondary N) is 2. The van der Waals surface area contributed by atoms with Gasteiger partial charge >= 0.3 is 0 Å². The minimum atomic E-state index is -0.325. The van der Waals surface area contributed by atoms with Crippen molar-refractivity contribution in [3.63, 3.8) is 0 Å². The fourth-order valence-electron chi connectivity index (χ4n) is 3.55. The molecule has 2 aliphatic rings. The first-order chi connectivity index (χ1) is 11.2. The summed E-state index contributed by atoms with van der Waals surface area (Å²) >= 11 is 0. The second-order valence-electron chi connectivity index (χ2n) is 6.12. The van der Waals surface area contributed by atoms with Crippen LogP contribution in [0.4, 0.5) is 0 Å². The molecular formula is C18H18N2O3. The molecule has 1 fully saturated rings. The summed E-state index contributed by atoms with van der Waals surface area (Å²) in [7, 11) is 0. The zero-order valence-corrected chi connectivity index (χ0v) is 12.9. The molecule has 5 heteroatoms. The van der Waals surface area contributed by atoms with Crippen molar-refractivity contribution in [1.82, 2.24) is 10.6 Å². The van der Waals surface area contributed by atoms with Crippen molar-refractivity contribution in [1.29, 1.82) is 0 Å². The van der Waals surface area contributed by atoms with Crippen molar-refractivity contribution < 1.29 is 14.3 Å². The van der Waals surface area contributed by atoms with Crippen LogP contribution in [0.1, 0.15) is 39.1 Å². The standard InChI is InChI=1S/C18H18N2O3/c1-10(15-9-19-7-8-23-15)11-5-6-14-16-12(11)3-2-4-13(16)17(21)20-18(14)22/h2-6,10,15,19H,7-9H2,1H3,(H,20,21,22). The van der Waals surface area contributed by atoms with Crippen LogP contribution in [-0.2, 0) is 4.74 Å². The molecule has 23 heavy (non-hydrogen) atoms. The van der Waals surface area contributed by atoms with Crippen LogP contribution in [-0.4, -0.2) is 37.6 Å². The van der Waals surface area contributed by atoms with E-state index >= 15 is 0 Å². The highest BCUT2D eigenvalue weighted by Gasteiger charge is 2.29. The van der Waals surface area contributed by atoms with Crippen LogP contribution in [0.2, 0.25) is 0 Å². The van der Waals surface area contributed by atoms with Gasteiger partial charge in [0.25, 0.3) is 11.8 Å². The van der Waals surface area contributed by atoms with Crippen molar-refractivity contribution in [2.45, 2.75) is 18.9 Å². The summed E-state index contributed by atoms with van der Waals surface area (Å²) in [5, 5.41) is 7.47. The summed E-state index contributed by atoms with van der Waals surface area (Å²) < 4.78 is 5.88. The van der Waals surface area contributed by atoms with Gasteiger partial charge in [-0.3, -0.25) is 14.9 Å². The SMILES string of the molecule is CC(c1ccc2c3c(cccc13)C(=O)NC2=O)C1CNCCO1. The highest BCUT2D eigenvalue weighted by molar-refractivity contribution is 6.25. The number of amides is 2. The van der Waals surface area contributed by atoms with E-state index in [1.807, 2.05) is 24.3 Å². The van der Waals surface area contributed by atoms with Gasteiger partial charge in [-0.05, 0) is 23.1 Å². The summed E-state index contributed by atoms with van der Waals surface area (Å²) in [4.78, 5) is 24.2. The lowest BCUT2D eigenvalue weighted by molar-refractivity contribution is 0.0149. The molecule has 1 saturated heterocycles. The minimum Gasteiger partial charge on any atom is -0.375 e. The van der Waals surface area contributed by atoms with Gasteiger partial charge in [-0.2, -0.15) is 0 Å². The molecule has 4 rings (SSSR count). The van der Waals surface area contributed by atoms with Crippen LogP contribution < -0.4 is 10.6 Å². The summed E-state index contributed by atoms with van der Waals surface area (Å²) in [5.74, 6) is -0.478. The average Bonchev–Trinajstić information content (AvgIpc) is 2.59. The Bertz CT molecular complexity index is 789. The molecule has 0 spiro atoms. The van der Waals surface area contributed by atoms with E-state index < -0.39 is 0 Å². The maximum Gasteiger partial charge on any atom is 0.258 e. The van der Waals surface area contributed by atoms with Gasteiger partial charge in [-0.15, -0.1) is 0 Å². The van der Waals surface area contributed by atoms with Crippen LogP contribution in [0.15, 0.2) is 30.3 Å². The van der Waals surface area contributed by atoms with Gasteiger partial charge in [-0.1, -0.05) is 25.1 Å². The molecule has 0 bridgehead atoms. The molecular weight excluding hydrogens is 292 g/mol. The van der Waals surface area contributed by atoms with Crippen molar-refractivity contribution in [3.05, 3.63) is 47.0 Å². The third-order valence-electron chi connectivity index (χ3n) is 4.80. The van der Waals surface area contributed by atoms with E-state index in [0.717, 1.165) is 29.4 Å². The van der Waals surface area contributed by atoms with Gasteiger partial charge in [0.1, 0.15) is 0 Å². The molecule has 0 radical (unpaired) electrons. The van der Waals surface area contributed by atoms with E-state index in [0.29, 0.717) is 17.7 Å². The maximum atomic E-state index is 12.1. The van der Waals surface area contributed by atoms with E-state index in [2.05, 4.69) is 17.6 Å². The third kappa shape index (κ3) is 2.24. The predicted molar refractivity (Wildman–Crippen MR) is 86.8 cm³/mol. The van der Waals surface area contributed by atoms with E-state index in [1.54, 1.807) is 6.07 Å². The van der Waals surface area contributed by atoms with E-state index in [4.69, 9.17) is 4.74 Å². The lowest BCUT2D eigenvalue weighted by Gasteiger charge is -2.30. The van der Waals surface area contributed by atoms with Gasteiger partial charge in [0, 0.05) is 35.5 Å². The van der Waals surface area contributed by atoms with Crippen LogP contribution in [0, 0.1) is 0 Å². The number of morpholine rings is 1. The second-order valence-corrected chi connectivity index (χ2v) is 6.12. The molecule has 5 nitrogen and oxygen atoms in total. The largest absolute Gasteiger partial charge is 0.375 e. The number of imide groups is 1. The Kier molecular flexibility index (Phi) is 3.39. The molecule has 2 aliphatic heterocycles. The predicted octanol–water partition coefficient (Wildman–Crippen LogP) is 1.82. The van der Waals surface area contributed by atoms with Crippen LogP contribution in [0.25, 0.3) is 10.8 Å². The topological polar surface area (TPSA) is 67.4 Å². The van der Waals surface area contributed by atoms with Gasteiger partial charge in [0.2, 0.25) is 0 Å². The molecule has 2 aromatic carbocycles. The van der Waals surface area contributed by atoms with E-state index in [-0.39, 0.29) is 23.8 Å². The first-order valence-electron chi connectivity index (χ1n) is 7.90. The Morgan fingerprint density at radius 3 is 2.65 bits per heavy atom. The molecule has 0 saturated carbocycles. The summed E-state index contributed by atoms with van der Waals surface area (Å²) in [6.45, 7) is 4.52. The van der Waals surface area contributed by atoms with Gasteiger partial charge < -0.3 is 10.1 Å². The first-order valence-corrected chi connectivity index (χ1v) is 7.90. The number of benzene rings is 2. The number of hydrogen-bond acceptors (Lipinski definition) is 4. The number of ether oxygens (including phenoxy) is 1. The number of carbonyl (C=O) groups excluding carboxylic acids is 2. The molecule has 2 N–H and O–H groups in total. The minimum absolute atomic E-state index is 0.0916. The first kappa shape index (κ1) is 14.4. The molecule has 2 heterocycles. The molecule has 2 aromatic rings. The number of carbonyl (C=O) groups is 2. The summed E-state index contributed by atoms with van der Waals surface area (Å²) in [5.41, 5.74) is 2.24. The lowest BCUT2D eigenvalue weighted by Crippen LogP contribution is -2.41. The Hall–Kier alpha value is -2.24. The Labute approximate surface area is 134 Å². The lowest BCUT2D eigenvalue weighted by atomic mass is 9.86. The quantitative estimate of drug-likeness (QED) is 0.830. The van der Waals surface area contributed by atoms with Gasteiger partial charge in [0.05, 0.1) is 12.7 Å². The maximum absolute atomic E-state index is 12.1. The Balaban J connectivity index is 1.88. The summed E-state index contributed by atoms with van der Waals surface area (Å²) in [6.07, 6.45) is 0.0916. The van der Waals surface area contributed by atoms with Crippen LogP contribution in [0.3, 0.4) is 0 Å². The smallest absolute Gasteiger partial charge is 0.258 e. The molecule has 2 atom stereocenters. The molecule has 118 valence electrons. The van der Waals surface area contributed by atoms with Crippen LogP contribution in [0.5, 0.6) is 0 Å². The fraction of sp³-hybridized carbons (Fsp3) is 0.333. The number of rotatable bonds is 2. The molecule has 0 aromatic heterocycles. The monoisotopic (exact) mass is 310 g/mol. The van der Waals surface area contributed by atoms with E-state index in [9.17, 15) is 9.59 Å². The normalized spacial score (nSPS) is 22.0. The number of hydrogen-bond donors (Lipinski definition) is 2. The highest BCUT2D eigenvalue weighted by Crippen LogP contribution is 2.34. The van der Waals surface area contributed by atoms with Gasteiger partial charge in [-0.25, -0.2) is 0 Å². The highest BCUT2D eigenvalue weighted by atomic mass is 16.5. The second kappa shape index (κ2) is 5.44. The van der Waals surface area contributed by atoms with Crippen molar-refractivity contribution in [2.24, 2.45) is 0 Å². The fourth-order valence-corrected chi connectivity index (χ4v) is 3.55. The zero-order chi connectivity index (χ0) is 16.0. The Morgan fingerprint density at radius 2 is 1.91 bits per heavy atom. The molecule has 2 unspecified atom stereocenters. The van der Waals surface area contributed by atoms with Crippen LogP contribution >= 0.6 is 0 Å². The molecule has 0 aliphatic carbocycles. The van der Waals surface area contributed by atoms with Crippen molar-refractivity contribution >= 4 is 22.6 Å². The van der Waals surface area contributed by atoms with Gasteiger partial charge in [0.15, 0.2) is 0 Å². The van der Waals surface area contributed by atoms with Crippen molar-refractivity contribution in [2.75, 3.05) is 19.7 Å². The zero-order valence-electron chi connectivity index (χ0n) is 12.9. The molecule has 2 amide bonds. The van der Waals surface area contributed by atoms with Crippen molar-refractivity contribution in [3.8, 4) is 0 Å².